The average molecular weight is 171 g/mol. The first-order valence-corrected chi connectivity index (χ1v) is 7.70. The van der Waals surface area contributed by atoms with Crippen LogP contribution in [0.2, 0.25) is 0 Å². The summed E-state index contributed by atoms with van der Waals surface area (Å²) in [6.07, 6.45) is 0. The second-order valence-electron chi connectivity index (χ2n) is 0.542. The molecule has 0 spiro atoms. The molecule has 0 N–H and O–H groups in total. The molecule has 0 radical (unpaired) electrons. The van der Waals surface area contributed by atoms with Crippen LogP contribution in [0.4, 0.5) is 0 Å². The Kier molecular flexibility index (Phi) is 2.89. The summed E-state index contributed by atoms with van der Waals surface area (Å²) >= 11 is 15.5. The van der Waals surface area contributed by atoms with Crippen LogP contribution >= 0.6 is 47.7 Å². The minimum atomic E-state index is -2.28. The summed E-state index contributed by atoms with van der Waals surface area (Å²) in [5.74, 6) is 0. The van der Waals surface area contributed by atoms with Gasteiger partial charge in [-0.15, -0.1) is 0 Å². The number of hydrogen-bond acceptors (Lipinski definition) is 0. The van der Waals surface area contributed by atoms with E-state index in [-0.39, 0.29) is 0 Å². The summed E-state index contributed by atoms with van der Waals surface area (Å²) in [6.45, 7) is 0. The van der Waals surface area contributed by atoms with E-state index in [0.717, 1.165) is 0 Å². The van der Waals surface area contributed by atoms with Crippen molar-refractivity contribution < 1.29 is 0 Å². The summed E-state index contributed by atoms with van der Waals surface area (Å²) in [5, 5.41) is -2.28. The molecule has 0 aromatic heterocycles. The van der Waals surface area contributed by atoms with Crippen molar-refractivity contribution in [2.75, 3.05) is 0 Å². The van der Waals surface area contributed by atoms with Crippen LogP contribution in [-0.2, 0) is 0 Å². The fraction of sp³-hybridized carbons (Fsp3) is 0. The van der Waals surface area contributed by atoms with Crippen molar-refractivity contribution in [3.05, 3.63) is 0 Å². The average Bonchev–Trinajstić information content (AvgIpc) is 0.722. The zero-order chi connectivity index (χ0) is 4.50. The Morgan fingerprint density at radius 1 is 1.20 bits per heavy atom. The Morgan fingerprint density at radius 2 is 1.20 bits per heavy atom. The van der Waals surface area contributed by atoms with Crippen molar-refractivity contribution in [2.45, 2.75) is 0 Å². The zero-order valence-corrected chi connectivity index (χ0v) is 6.63. The van der Waals surface area contributed by atoms with Crippen molar-refractivity contribution in [3.63, 3.8) is 0 Å². The molecule has 0 rings (SSSR count). The standard InChI is InChI=1S/Cl3H3P2/c1-5(2,3)4/h5H,4H2. The van der Waals surface area contributed by atoms with Gasteiger partial charge in [0, 0.05) is 0 Å². The van der Waals surface area contributed by atoms with Crippen LogP contribution in [0.5, 0.6) is 0 Å². The Hall–Kier alpha value is 1.73. The molecule has 0 nitrogen and oxygen atoms in total. The van der Waals surface area contributed by atoms with Crippen molar-refractivity contribution in [2.24, 2.45) is 0 Å². The number of hydrogen-bond donors (Lipinski definition) is 0. The fourth-order valence-electron chi connectivity index (χ4n) is 0. The zero-order valence-electron chi connectivity index (χ0n) is 2.21. The van der Waals surface area contributed by atoms with Gasteiger partial charge in [0.1, 0.15) is 0 Å². The van der Waals surface area contributed by atoms with Crippen LogP contribution in [-0.4, -0.2) is 0 Å². The molecular weight excluding hydrogens is 168 g/mol. The van der Waals surface area contributed by atoms with Crippen LogP contribution in [0, 0.1) is 0 Å². The van der Waals surface area contributed by atoms with E-state index in [1.807, 2.05) is 0 Å². The molecule has 0 bridgehead atoms. The molecule has 1 atom stereocenters. The first kappa shape index (κ1) is 6.73. The molecule has 0 aliphatic carbocycles. The van der Waals surface area contributed by atoms with Gasteiger partial charge in [-0.3, -0.25) is 0 Å². The van der Waals surface area contributed by atoms with Crippen LogP contribution in [0.25, 0.3) is 0 Å². The van der Waals surface area contributed by atoms with E-state index < -0.39 is 5.01 Å². The van der Waals surface area contributed by atoms with Crippen molar-refractivity contribution >= 4 is 47.7 Å². The summed E-state index contributed by atoms with van der Waals surface area (Å²) in [7, 11) is 2.15. The van der Waals surface area contributed by atoms with Gasteiger partial charge >= 0.3 is 47.7 Å². The van der Waals surface area contributed by atoms with E-state index in [0.29, 0.717) is 0 Å². The summed E-state index contributed by atoms with van der Waals surface area (Å²) in [6, 6.07) is 0. The maximum absolute atomic E-state index is 5.16. The van der Waals surface area contributed by atoms with E-state index in [1.54, 1.807) is 0 Å². The number of halogens is 3. The normalized spacial score (nSPS) is 15.2. The van der Waals surface area contributed by atoms with Crippen molar-refractivity contribution in [3.8, 4) is 0 Å². The van der Waals surface area contributed by atoms with Gasteiger partial charge in [-0.05, 0) is 0 Å². The van der Waals surface area contributed by atoms with Gasteiger partial charge in [-0.25, -0.2) is 0 Å². The van der Waals surface area contributed by atoms with Gasteiger partial charge in [-0.1, -0.05) is 0 Å². The van der Waals surface area contributed by atoms with Gasteiger partial charge in [0.05, 0.1) is 0 Å². The predicted molar refractivity (Wildman–Crippen MR) is 35.6 cm³/mol. The third-order valence-electron chi connectivity index (χ3n) is 0. The number of rotatable bonds is 0. The maximum atomic E-state index is 5.16. The summed E-state index contributed by atoms with van der Waals surface area (Å²) < 4.78 is 0. The topological polar surface area (TPSA) is 0 Å². The SMILES string of the molecule is P[PH](Cl)(Cl)Cl. The molecule has 0 heterocycles. The van der Waals surface area contributed by atoms with E-state index in [2.05, 4.69) is 8.93 Å². The molecule has 0 aliphatic rings. The van der Waals surface area contributed by atoms with Crippen LogP contribution in [0.15, 0.2) is 0 Å². The molecule has 34 valence electrons. The molecule has 0 saturated carbocycles. The third kappa shape index (κ3) is 26.6. The van der Waals surface area contributed by atoms with Gasteiger partial charge in [0.2, 0.25) is 0 Å². The van der Waals surface area contributed by atoms with Crippen LogP contribution < -0.4 is 0 Å². The summed E-state index contributed by atoms with van der Waals surface area (Å²) in [4.78, 5) is 0. The van der Waals surface area contributed by atoms with E-state index in [4.69, 9.17) is 33.7 Å². The van der Waals surface area contributed by atoms with Gasteiger partial charge in [0.25, 0.3) is 0 Å². The van der Waals surface area contributed by atoms with Gasteiger partial charge in [-0.2, -0.15) is 0 Å². The van der Waals surface area contributed by atoms with Crippen LogP contribution in [0.3, 0.4) is 0 Å². The molecular formula is H3Cl3P2. The molecule has 5 heteroatoms. The van der Waals surface area contributed by atoms with E-state index >= 15 is 0 Å². The van der Waals surface area contributed by atoms with Gasteiger partial charge in [0.15, 0.2) is 0 Å². The molecule has 1 unspecified atom stereocenters. The molecule has 0 aliphatic heterocycles. The molecule has 0 saturated heterocycles. The van der Waals surface area contributed by atoms with Gasteiger partial charge < -0.3 is 0 Å². The van der Waals surface area contributed by atoms with Crippen molar-refractivity contribution in [1.82, 2.24) is 0 Å². The van der Waals surface area contributed by atoms with Crippen LogP contribution in [0.1, 0.15) is 0 Å². The molecule has 0 aromatic rings. The molecule has 0 aromatic carbocycles. The van der Waals surface area contributed by atoms with E-state index in [1.165, 1.54) is 0 Å². The molecule has 5 heavy (non-hydrogen) atoms. The first-order chi connectivity index (χ1) is 2.00. The molecule has 0 amide bonds. The van der Waals surface area contributed by atoms with Crippen molar-refractivity contribution in [1.29, 1.82) is 0 Å². The molecule has 0 fully saturated rings. The quantitative estimate of drug-likeness (QED) is 0.492. The Bertz CT molecular complexity index is 20.4. The monoisotopic (exact) mass is 170 g/mol. The first-order valence-electron chi connectivity index (χ1n) is 0.856. The Morgan fingerprint density at radius 3 is 1.20 bits per heavy atom. The minimum absolute atomic E-state index is 2.15. The fourth-order valence-corrected chi connectivity index (χ4v) is 0. The second-order valence-corrected chi connectivity index (χ2v) is 14.6. The second kappa shape index (κ2) is 2.15. The third-order valence-corrected chi connectivity index (χ3v) is 0. The predicted octanol–water partition coefficient (Wildman–Crippen LogP) is 2.99. The Balaban J connectivity index is 3.02. The summed E-state index contributed by atoms with van der Waals surface area (Å²) in [5.41, 5.74) is 0. The van der Waals surface area contributed by atoms with E-state index in [9.17, 15) is 0 Å². The Labute approximate surface area is 48.0 Å².